The van der Waals surface area contributed by atoms with E-state index in [9.17, 15) is 8.42 Å². The molecule has 2 rings (SSSR count). The van der Waals surface area contributed by atoms with Crippen molar-refractivity contribution in [3.8, 4) is 6.01 Å². The van der Waals surface area contributed by atoms with E-state index in [4.69, 9.17) is 5.11 Å². The smallest absolute Gasteiger partial charge is 0.314 e. The van der Waals surface area contributed by atoms with Gasteiger partial charge in [-0.3, -0.25) is 0 Å². The Kier molecular flexibility index (Phi) is 2.80. The van der Waals surface area contributed by atoms with Crippen LogP contribution in [0.15, 0.2) is 24.3 Å². The van der Waals surface area contributed by atoms with E-state index >= 15 is 0 Å². The predicted octanol–water partition coefficient (Wildman–Crippen LogP) is 0.264. The summed E-state index contributed by atoms with van der Waals surface area (Å²) < 4.78 is 27.1. The Morgan fingerprint density at radius 1 is 1.38 bits per heavy atom. The fourth-order valence-electron chi connectivity index (χ4n) is 1.24. The summed E-state index contributed by atoms with van der Waals surface area (Å²) in [6.45, 7) is -0.484. The number of rotatable bonds is 4. The van der Waals surface area contributed by atoms with Gasteiger partial charge in [0.05, 0.1) is 17.6 Å². The van der Waals surface area contributed by atoms with Crippen molar-refractivity contribution in [3.63, 3.8) is 0 Å². The summed E-state index contributed by atoms with van der Waals surface area (Å²) in [5.41, 5.74) is 1.31. The normalized spacial score (nSPS) is 11.8. The molecule has 1 aromatic heterocycles. The standard InChI is InChI=1S/C9H10N2O4S/c12-5-6-16(13,14)15-9-10-7-3-1-2-4-8(7)11-9/h1-4,12H,5-6H2,(H,10,11). The maximum absolute atomic E-state index is 11.2. The lowest BCUT2D eigenvalue weighted by atomic mass is 10.3. The topological polar surface area (TPSA) is 92.3 Å². The van der Waals surface area contributed by atoms with Crippen LogP contribution in [0.3, 0.4) is 0 Å². The number of H-pyrrole nitrogens is 1. The minimum absolute atomic E-state index is 0.0883. The molecule has 7 heteroatoms. The van der Waals surface area contributed by atoms with Gasteiger partial charge in [0, 0.05) is 0 Å². The van der Waals surface area contributed by atoms with E-state index in [0.717, 1.165) is 0 Å². The molecule has 6 nitrogen and oxygen atoms in total. The summed E-state index contributed by atoms with van der Waals surface area (Å²) >= 11 is 0. The second kappa shape index (κ2) is 4.11. The zero-order valence-corrected chi connectivity index (χ0v) is 9.07. The number of hydrogen-bond acceptors (Lipinski definition) is 5. The van der Waals surface area contributed by atoms with Gasteiger partial charge in [-0.15, -0.1) is 0 Å². The van der Waals surface area contributed by atoms with E-state index < -0.39 is 22.5 Å². The molecule has 0 saturated carbocycles. The number of fused-ring (bicyclic) bond motifs is 1. The Morgan fingerprint density at radius 3 is 2.81 bits per heavy atom. The van der Waals surface area contributed by atoms with Gasteiger partial charge in [0.1, 0.15) is 5.75 Å². The third-order valence-electron chi connectivity index (χ3n) is 1.91. The molecule has 86 valence electrons. The summed E-state index contributed by atoms with van der Waals surface area (Å²) in [6, 6.07) is 6.99. The van der Waals surface area contributed by atoms with Crippen LogP contribution in [-0.4, -0.2) is 35.9 Å². The van der Waals surface area contributed by atoms with Gasteiger partial charge < -0.3 is 14.3 Å². The lowest BCUT2D eigenvalue weighted by molar-refractivity contribution is 0.315. The number of nitrogens with zero attached hydrogens (tertiary/aromatic N) is 1. The Bertz CT molecular complexity index is 557. The zero-order valence-electron chi connectivity index (χ0n) is 8.25. The van der Waals surface area contributed by atoms with Crippen LogP contribution in [0.1, 0.15) is 0 Å². The lowest BCUT2D eigenvalue weighted by Crippen LogP contribution is -2.16. The van der Waals surface area contributed by atoms with Gasteiger partial charge in [-0.05, 0) is 12.1 Å². The van der Waals surface area contributed by atoms with Crippen LogP contribution in [0, 0.1) is 0 Å². The molecule has 0 unspecified atom stereocenters. The SMILES string of the molecule is O=S(=O)(CCO)Oc1nc2ccccc2[nH]1. The average molecular weight is 242 g/mol. The molecular weight excluding hydrogens is 232 g/mol. The van der Waals surface area contributed by atoms with Crippen molar-refractivity contribution in [2.75, 3.05) is 12.4 Å². The third-order valence-corrected chi connectivity index (χ3v) is 3.01. The number of para-hydroxylation sites is 2. The van der Waals surface area contributed by atoms with Gasteiger partial charge in [-0.2, -0.15) is 13.4 Å². The quantitative estimate of drug-likeness (QED) is 0.750. The van der Waals surface area contributed by atoms with Crippen LogP contribution in [0.5, 0.6) is 6.01 Å². The molecule has 0 atom stereocenters. The number of aliphatic hydroxyl groups is 1. The minimum Gasteiger partial charge on any atom is -0.395 e. The van der Waals surface area contributed by atoms with Gasteiger partial charge in [0.2, 0.25) is 0 Å². The molecule has 0 fully saturated rings. The first-order valence-electron chi connectivity index (χ1n) is 4.58. The first-order chi connectivity index (χ1) is 7.61. The molecule has 0 aliphatic carbocycles. The van der Waals surface area contributed by atoms with Crippen LogP contribution in [0.2, 0.25) is 0 Å². The maximum atomic E-state index is 11.2. The molecule has 2 N–H and O–H groups in total. The highest BCUT2D eigenvalue weighted by molar-refractivity contribution is 7.87. The molecule has 0 amide bonds. The van der Waals surface area contributed by atoms with Gasteiger partial charge in [-0.1, -0.05) is 12.1 Å². The number of aromatic nitrogens is 2. The van der Waals surface area contributed by atoms with Gasteiger partial charge in [-0.25, -0.2) is 0 Å². The summed E-state index contributed by atoms with van der Waals surface area (Å²) in [5.74, 6) is -0.454. The molecule has 16 heavy (non-hydrogen) atoms. The highest BCUT2D eigenvalue weighted by Gasteiger charge is 2.14. The Labute approximate surface area is 92.0 Å². The summed E-state index contributed by atoms with van der Waals surface area (Å²) in [7, 11) is -3.78. The molecule has 2 aromatic rings. The first kappa shape index (κ1) is 10.9. The number of aliphatic hydroxyl groups excluding tert-OH is 1. The average Bonchev–Trinajstić information content (AvgIpc) is 2.58. The third kappa shape index (κ3) is 2.31. The van der Waals surface area contributed by atoms with Crippen LogP contribution < -0.4 is 4.18 Å². The van der Waals surface area contributed by atoms with E-state index in [1.807, 2.05) is 0 Å². The number of nitrogens with one attached hydrogen (secondary N) is 1. The number of benzene rings is 1. The Morgan fingerprint density at radius 2 is 2.12 bits per heavy atom. The van der Waals surface area contributed by atoms with Crippen LogP contribution in [0.4, 0.5) is 0 Å². The van der Waals surface area contributed by atoms with Crippen molar-refractivity contribution in [1.82, 2.24) is 9.97 Å². The first-order valence-corrected chi connectivity index (χ1v) is 6.16. The number of imidazole rings is 1. The van der Waals surface area contributed by atoms with Crippen molar-refractivity contribution in [2.45, 2.75) is 0 Å². The van der Waals surface area contributed by atoms with Crippen LogP contribution in [0.25, 0.3) is 11.0 Å². The monoisotopic (exact) mass is 242 g/mol. The van der Waals surface area contributed by atoms with Crippen molar-refractivity contribution < 1.29 is 17.7 Å². The predicted molar refractivity (Wildman–Crippen MR) is 57.6 cm³/mol. The van der Waals surface area contributed by atoms with E-state index in [0.29, 0.717) is 11.0 Å². The Balaban J connectivity index is 2.28. The van der Waals surface area contributed by atoms with Gasteiger partial charge in [0.15, 0.2) is 0 Å². The molecule has 0 radical (unpaired) electrons. The molecule has 1 aromatic carbocycles. The van der Waals surface area contributed by atoms with Gasteiger partial charge >= 0.3 is 16.1 Å². The second-order valence-electron chi connectivity index (χ2n) is 3.13. The van der Waals surface area contributed by atoms with Crippen molar-refractivity contribution in [2.24, 2.45) is 0 Å². The number of aromatic amines is 1. The van der Waals surface area contributed by atoms with Crippen LogP contribution >= 0.6 is 0 Å². The van der Waals surface area contributed by atoms with Crippen molar-refractivity contribution >= 4 is 21.2 Å². The summed E-state index contributed by atoms with van der Waals surface area (Å²) in [5, 5.41) is 8.53. The van der Waals surface area contributed by atoms with E-state index in [1.54, 1.807) is 24.3 Å². The van der Waals surface area contributed by atoms with Crippen molar-refractivity contribution in [1.29, 1.82) is 0 Å². The van der Waals surface area contributed by atoms with E-state index in [2.05, 4.69) is 14.2 Å². The fraction of sp³-hybridized carbons (Fsp3) is 0.222. The van der Waals surface area contributed by atoms with Crippen LogP contribution in [-0.2, 0) is 10.1 Å². The minimum atomic E-state index is -3.78. The maximum Gasteiger partial charge on any atom is 0.314 e. The highest BCUT2D eigenvalue weighted by atomic mass is 32.2. The molecule has 0 aliphatic rings. The largest absolute Gasteiger partial charge is 0.395 e. The zero-order chi connectivity index (χ0) is 11.6. The fourth-order valence-corrected chi connectivity index (χ4v) is 1.87. The van der Waals surface area contributed by atoms with E-state index in [-0.39, 0.29) is 6.01 Å². The molecule has 0 spiro atoms. The molecule has 0 saturated heterocycles. The summed E-state index contributed by atoms with van der Waals surface area (Å²) in [6.07, 6.45) is 0. The molecule has 0 aliphatic heterocycles. The number of hydrogen-bond donors (Lipinski definition) is 2. The van der Waals surface area contributed by atoms with Crippen molar-refractivity contribution in [3.05, 3.63) is 24.3 Å². The molecule has 1 heterocycles. The molecular formula is C9H10N2O4S. The lowest BCUT2D eigenvalue weighted by Gasteiger charge is -2.00. The van der Waals surface area contributed by atoms with E-state index in [1.165, 1.54) is 0 Å². The van der Waals surface area contributed by atoms with Gasteiger partial charge in [0.25, 0.3) is 0 Å². The highest BCUT2D eigenvalue weighted by Crippen LogP contribution is 2.16. The Hall–Kier alpha value is -1.60. The summed E-state index contributed by atoms with van der Waals surface area (Å²) in [4.78, 5) is 6.66. The second-order valence-corrected chi connectivity index (χ2v) is 4.82. The molecule has 0 bridgehead atoms.